The maximum atomic E-state index is 12.4. The number of rotatable bonds is 8. The standard InChI is InChI=1S/C16H20N2O4S/c19-14-10-17(8-4-7-15(20)21)16(22)18(14)13(11-23)9-12-5-2-1-3-6-12/h1-3,5-6,13,23H,4,7-11H2,(H,20,21). The summed E-state index contributed by atoms with van der Waals surface area (Å²) < 4.78 is 0. The maximum absolute atomic E-state index is 12.4. The topological polar surface area (TPSA) is 77.9 Å². The van der Waals surface area contributed by atoms with Gasteiger partial charge in [-0.1, -0.05) is 30.3 Å². The Hall–Kier alpha value is -2.02. The second-order valence-corrected chi connectivity index (χ2v) is 5.86. The van der Waals surface area contributed by atoms with Crippen molar-refractivity contribution < 1.29 is 19.5 Å². The summed E-state index contributed by atoms with van der Waals surface area (Å²) in [4.78, 5) is 37.9. The molecule has 1 N–H and O–H groups in total. The van der Waals surface area contributed by atoms with Gasteiger partial charge in [0.1, 0.15) is 6.54 Å². The number of aliphatic carboxylic acids is 1. The van der Waals surface area contributed by atoms with Crippen molar-refractivity contribution in [3.8, 4) is 0 Å². The molecule has 1 fully saturated rings. The number of imide groups is 1. The molecule has 1 atom stereocenters. The van der Waals surface area contributed by atoms with Crippen LogP contribution in [0.3, 0.4) is 0 Å². The highest BCUT2D eigenvalue weighted by atomic mass is 32.1. The Labute approximate surface area is 140 Å². The third kappa shape index (κ3) is 4.48. The van der Waals surface area contributed by atoms with E-state index in [1.54, 1.807) is 0 Å². The molecule has 1 heterocycles. The zero-order valence-electron chi connectivity index (χ0n) is 12.7. The minimum Gasteiger partial charge on any atom is -0.481 e. The lowest BCUT2D eigenvalue weighted by Crippen LogP contribution is -2.43. The van der Waals surface area contributed by atoms with Crippen LogP contribution >= 0.6 is 12.6 Å². The number of amides is 3. The van der Waals surface area contributed by atoms with Crippen molar-refractivity contribution in [2.75, 3.05) is 18.8 Å². The van der Waals surface area contributed by atoms with Gasteiger partial charge in [-0.2, -0.15) is 12.6 Å². The van der Waals surface area contributed by atoms with E-state index in [-0.39, 0.29) is 37.5 Å². The Kier molecular flexibility index (Phi) is 6.04. The number of carboxylic acids is 1. The van der Waals surface area contributed by atoms with E-state index < -0.39 is 5.97 Å². The summed E-state index contributed by atoms with van der Waals surface area (Å²) in [7, 11) is 0. The summed E-state index contributed by atoms with van der Waals surface area (Å²) in [5, 5.41) is 8.66. The maximum Gasteiger partial charge on any atom is 0.327 e. The van der Waals surface area contributed by atoms with Crippen molar-refractivity contribution in [1.82, 2.24) is 9.80 Å². The molecule has 7 heteroatoms. The first-order valence-electron chi connectivity index (χ1n) is 7.50. The molecule has 1 aromatic carbocycles. The largest absolute Gasteiger partial charge is 0.481 e. The van der Waals surface area contributed by atoms with Crippen LogP contribution in [0.25, 0.3) is 0 Å². The fourth-order valence-electron chi connectivity index (χ4n) is 2.65. The number of carboxylic acid groups (broad SMARTS) is 1. The second kappa shape index (κ2) is 8.01. The summed E-state index contributed by atoms with van der Waals surface area (Å²) in [6, 6.07) is 8.99. The third-order valence-corrected chi connectivity index (χ3v) is 4.20. The van der Waals surface area contributed by atoms with Crippen LogP contribution < -0.4 is 0 Å². The summed E-state index contributed by atoms with van der Waals surface area (Å²) in [5.41, 5.74) is 1.04. The number of benzene rings is 1. The summed E-state index contributed by atoms with van der Waals surface area (Å²) in [6.45, 7) is 0.287. The lowest BCUT2D eigenvalue weighted by atomic mass is 10.1. The average Bonchev–Trinajstić information content (AvgIpc) is 2.80. The molecule has 6 nitrogen and oxygen atoms in total. The minimum absolute atomic E-state index is 0.0114. The molecule has 0 aromatic heterocycles. The van der Waals surface area contributed by atoms with E-state index in [1.165, 1.54) is 9.80 Å². The lowest BCUT2D eigenvalue weighted by Gasteiger charge is -2.25. The van der Waals surface area contributed by atoms with E-state index >= 15 is 0 Å². The predicted molar refractivity (Wildman–Crippen MR) is 88.5 cm³/mol. The summed E-state index contributed by atoms with van der Waals surface area (Å²) in [5.74, 6) is -0.771. The minimum atomic E-state index is -0.905. The third-order valence-electron chi connectivity index (χ3n) is 3.78. The van der Waals surface area contributed by atoms with Crippen LogP contribution in [0.5, 0.6) is 0 Å². The molecule has 0 aliphatic carbocycles. The molecular weight excluding hydrogens is 316 g/mol. The monoisotopic (exact) mass is 336 g/mol. The van der Waals surface area contributed by atoms with Crippen LogP contribution in [0.1, 0.15) is 18.4 Å². The molecule has 1 unspecified atom stereocenters. The molecule has 0 bridgehead atoms. The number of nitrogens with zero attached hydrogens (tertiary/aromatic N) is 2. The van der Waals surface area contributed by atoms with Crippen molar-refractivity contribution in [3.63, 3.8) is 0 Å². The van der Waals surface area contributed by atoms with E-state index in [1.807, 2.05) is 30.3 Å². The highest BCUT2D eigenvalue weighted by Gasteiger charge is 2.39. The van der Waals surface area contributed by atoms with Crippen molar-refractivity contribution >= 4 is 30.5 Å². The molecule has 23 heavy (non-hydrogen) atoms. The molecule has 1 aliphatic heterocycles. The van der Waals surface area contributed by atoms with E-state index in [4.69, 9.17) is 5.11 Å². The first-order valence-corrected chi connectivity index (χ1v) is 8.13. The molecule has 0 saturated carbocycles. The normalized spacial score (nSPS) is 16.0. The highest BCUT2D eigenvalue weighted by molar-refractivity contribution is 7.80. The van der Waals surface area contributed by atoms with Crippen molar-refractivity contribution in [3.05, 3.63) is 35.9 Å². The number of urea groups is 1. The van der Waals surface area contributed by atoms with E-state index in [0.29, 0.717) is 18.6 Å². The van der Waals surface area contributed by atoms with Gasteiger partial charge < -0.3 is 10.0 Å². The van der Waals surface area contributed by atoms with Gasteiger partial charge in [-0.25, -0.2) is 4.79 Å². The Balaban J connectivity index is 2.01. The molecule has 1 aromatic rings. The van der Waals surface area contributed by atoms with Gasteiger partial charge in [0.15, 0.2) is 0 Å². The molecule has 124 valence electrons. The van der Waals surface area contributed by atoms with Gasteiger partial charge in [-0.3, -0.25) is 14.5 Å². The molecule has 1 saturated heterocycles. The quantitative estimate of drug-likeness (QED) is 0.559. The zero-order chi connectivity index (χ0) is 16.8. The second-order valence-electron chi connectivity index (χ2n) is 5.49. The van der Waals surface area contributed by atoms with Gasteiger partial charge in [-0.15, -0.1) is 0 Å². The Bertz CT molecular complexity index is 579. The molecular formula is C16H20N2O4S. The molecule has 0 radical (unpaired) electrons. The van der Waals surface area contributed by atoms with E-state index in [9.17, 15) is 14.4 Å². The molecule has 1 aliphatic rings. The SMILES string of the molecule is O=C(O)CCCN1CC(=O)N(C(CS)Cc2ccccc2)C1=O. The van der Waals surface area contributed by atoms with Gasteiger partial charge in [0, 0.05) is 18.7 Å². The van der Waals surface area contributed by atoms with Crippen molar-refractivity contribution in [1.29, 1.82) is 0 Å². The lowest BCUT2D eigenvalue weighted by molar-refractivity contribution is -0.137. The Morgan fingerprint density at radius 1 is 1.26 bits per heavy atom. The number of hydrogen-bond donors (Lipinski definition) is 2. The predicted octanol–water partition coefficient (Wildman–Crippen LogP) is 1.66. The zero-order valence-corrected chi connectivity index (χ0v) is 13.6. The first kappa shape index (κ1) is 17.3. The van der Waals surface area contributed by atoms with Crippen LogP contribution in [0.2, 0.25) is 0 Å². The fraction of sp³-hybridized carbons (Fsp3) is 0.438. The van der Waals surface area contributed by atoms with E-state index in [0.717, 1.165) is 5.56 Å². The van der Waals surface area contributed by atoms with Crippen LogP contribution in [-0.4, -0.2) is 57.7 Å². The van der Waals surface area contributed by atoms with Gasteiger partial charge in [0.25, 0.3) is 5.91 Å². The number of carbonyl (C=O) groups is 3. The first-order chi connectivity index (χ1) is 11.0. The van der Waals surface area contributed by atoms with Crippen molar-refractivity contribution in [2.24, 2.45) is 0 Å². The molecule has 2 rings (SSSR count). The van der Waals surface area contributed by atoms with Crippen LogP contribution in [0.15, 0.2) is 30.3 Å². The number of thiol groups is 1. The molecule has 0 spiro atoms. The van der Waals surface area contributed by atoms with Crippen LogP contribution in [-0.2, 0) is 16.0 Å². The van der Waals surface area contributed by atoms with Crippen molar-refractivity contribution in [2.45, 2.75) is 25.3 Å². The van der Waals surface area contributed by atoms with Crippen LogP contribution in [0.4, 0.5) is 4.79 Å². The number of hydrogen-bond acceptors (Lipinski definition) is 4. The fourth-order valence-corrected chi connectivity index (χ4v) is 2.94. The van der Waals surface area contributed by atoms with E-state index in [2.05, 4.69) is 12.6 Å². The number of carbonyl (C=O) groups excluding carboxylic acids is 2. The van der Waals surface area contributed by atoms with Gasteiger partial charge >= 0.3 is 12.0 Å². The summed E-state index contributed by atoms with van der Waals surface area (Å²) in [6.07, 6.45) is 0.884. The smallest absolute Gasteiger partial charge is 0.327 e. The molecule has 3 amide bonds. The van der Waals surface area contributed by atoms with Gasteiger partial charge in [0.05, 0.1) is 6.04 Å². The Morgan fingerprint density at radius 3 is 2.57 bits per heavy atom. The van der Waals surface area contributed by atoms with Gasteiger partial charge in [0.2, 0.25) is 0 Å². The average molecular weight is 336 g/mol. The highest BCUT2D eigenvalue weighted by Crippen LogP contribution is 2.19. The Morgan fingerprint density at radius 2 is 1.96 bits per heavy atom. The summed E-state index contributed by atoms with van der Waals surface area (Å²) >= 11 is 4.29. The van der Waals surface area contributed by atoms with Gasteiger partial charge in [-0.05, 0) is 18.4 Å². The van der Waals surface area contributed by atoms with Crippen LogP contribution in [0, 0.1) is 0 Å².